The smallest absolute Gasteiger partial charge is 0.237 e. The predicted molar refractivity (Wildman–Crippen MR) is 154 cm³/mol. The molecule has 4 heteroatoms. The van der Waals surface area contributed by atoms with Crippen LogP contribution in [0.1, 0.15) is 57.8 Å². The highest BCUT2D eigenvalue weighted by Crippen LogP contribution is 2.41. The zero-order valence-electron chi connectivity index (χ0n) is 22.7. The number of nitrogens with zero attached hydrogens (tertiary/aromatic N) is 2. The van der Waals surface area contributed by atoms with Crippen molar-refractivity contribution in [1.29, 1.82) is 0 Å². The minimum absolute atomic E-state index is 0.00126. The number of hydrogen-bond acceptors (Lipinski definition) is 2. The van der Waals surface area contributed by atoms with Crippen LogP contribution in [0, 0.1) is 12.7 Å². The average molecular weight is 519 g/mol. The van der Waals surface area contributed by atoms with Gasteiger partial charge in [0.15, 0.2) is 0 Å². The quantitative estimate of drug-likeness (QED) is 0.279. The van der Waals surface area contributed by atoms with Gasteiger partial charge in [0.05, 0.1) is 12.6 Å². The first kappa shape index (κ1) is 25.5. The Morgan fingerprint density at radius 1 is 0.821 bits per heavy atom. The maximum atomic E-state index is 14.8. The molecule has 0 aromatic heterocycles. The van der Waals surface area contributed by atoms with Gasteiger partial charge in [-0.2, -0.15) is 0 Å². The SMILES string of the molecule is Cc1ccccc1[C@@H]1c2ccccc2[C@@H](C)CN1CC(=O)N(Cc1ccccc1F)C1Cc2ccccc2C1. The molecule has 1 aliphatic carbocycles. The van der Waals surface area contributed by atoms with Crippen molar-refractivity contribution in [2.24, 2.45) is 0 Å². The van der Waals surface area contributed by atoms with Crippen LogP contribution >= 0.6 is 0 Å². The van der Waals surface area contributed by atoms with Crippen LogP contribution < -0.4 is 0 Å². The minimum Gasteiger partial charge on any atom is -0.333 e. The Labute approximate surface area is 230 Å². The van der Waals surface area contributed by atoms with Gasteiger partial charge in [0.25, 0.3) is 0 Å². The van der Waals surface area contributed by atoms with Crippen LogP contribution in [0.25, 0.3) is 0 Å². The number of rotatable bonds is 6. The molecule has 198 valence electrons. The highest BCUT2D eigenvalue weighted by Gasteiger charge is 2.37. The number of hydrogen-bond donors (Lipinski definition) is 0. The lowest BCUT2D eigenvalue weighted by Gasteiger charge is -2.42. The molecule has 0 fully saturated rings. The van der Waals surface area contributed by atoms with E-state index in [0.29, 0.717) is 18.0 Å². The molecule has 1 amide bonds. The van der Waals surface area contributed by atoms with E-state index in [-0.39, 0.29) is 30.4 Å². The van der Waals surface area contributed by atoms with Crippen LogP contribution in [0.2, 0.25) is 0 Å². The molecule has 3 nitrogen and oxygen atoms in total. The molecule has 1 aliphatic heterocycles. The molecule has 0 radical (unpaired) electrons. The summed E-state index contributed by atoms with van der Waals surface area (Å²) in [5, 5.41) is 0. The van der Waals surface area contributed by atoms with Gasteiger partial charge < -0.3 is 4.90 Å². The molecule has 0 saturated heterocycles. The molecule has 6 rings (SSSR count). The van der Waals surface area contributed by atoms with E-state index in [1.54, 1.807) is 12.1 Å². The zero-order chi connectivity index (χ0) is 26.9. The van der Waals surface area contributed by atoms with Crippen molar-refractivity contribution in [3.63, 3.8) is 0 Å². The van der Waals surface area contributed by atoms with E-state index in [9.17, 15) is 9.18 Å². The fourth-order valence-electron chi connectivity index (χ4n) is 6.63. The highest BCUT2D eigenvalue weighted by atomic mass is 19.1. The maximum absolute atomic E-state index is 14.8. The maximum Gasteiger partial charge on any atom is 0.237 e. The number of aryl methyl sites for hydroxylation is 1. The number of benzene rings is 4. The third-order valence-electron chi connectivity index (χ3n) is 8.61. The molecule has 2 aliphatic rings. The summed E-state index contributed by atoms with van der Waals surface area (Å²) < 4.78 is 14.8. The van der Waals surface area contributed by atoms with Gasteiger partial charge in [-0.15, -0.1) is 0 Å². The molecular formula is C35H35FN2O. The molecule has 4 aromatic carbocycles. The summed E-state index contributed by atoms with van der Waals surface area (Å²) in [4.78, 5) is 18.6. The largest absolute Gasteiger partial charge is 0.333 e. The van der Waals surface area contributed by atoms with Gasteiger partial charge in [-0.05, 0) is 65.1 Å². The van der Waals surface area contributed by atoms with Gasteiger partial charge in [0, 0.05) is 24.7 Å². The van der Waals surface area contributed by atoms with Crippen molar-refractivity contribution in [1.82, 2.24) is 9.80 Å². The van der Waals surface area contributed by atoms with Crippen molar-refractivity contribution in [2.75, 3.05) is 13.1 Å². The number of fused-ring (bicyclic) bond motifs is 2. The Morgan fingerprint density at radius 3 is 2.10 bits per heavy atom. The van der Waals surface area contributed by atoms with Gasteiger partial charge in [-0.3, -0.25) is 9.69 Å². The first-order chi connectivity index (χ1) is 19.0. The van der Waals surface area contributed by atoms with Crippen LogP contribution in [0.5, 0.6) is 0 Å². The summed E-state index contributed by atoms with van der Waals surface area (Å²) in [5.41, 5.74) is 8.21. The van der Waals surface area contributed by atoms with Crippen molar-refractivity contribution in [2.45, 2.75) is 51.2 Å². The summed E-state index contributed by atoms with van der Waals surface area (Å²) in [6, 6.07) is 32.4. The lowest BCUT2D eigenvalue weighted by atomic mass is 9.82. The Hall–Kier alpha value is -3.76. The van der Waals surface area contributed by atoms with E-state index < -0.39 is 0 Å². The van der Waals surface area contributed by atoms with Crippen molar-refractivity contribution >= 4 is 5.91 Å². The molecule has 0 bridgehead atoms. The molecule has 4 aromatic rings. The van der Waals surface area contributed by atoms with Crippen LogP contribution in [0.3, 0.4) is 0 Å². The third-order valence-corrected chi connectivity index (χ3v) is 8.61. The van der Waals surface area contributed by atoms with Gasteiger partial charge in [-0.25, -0.2) is 4.39 Å². The summed E-state index contributed by atoms with van der Waals surface area (Å²) in [6.45, 7) is 5.75. The van der Waals surface area contributed by atoms with Gasteiger partial charge >= 0.3 is 0 Å². The molecule has 0 spiro atoms. The van der Waals surface area contributed by atoms with Crippen LogP contribution in [0.4, 0.5) is 4.39 Å². The van der Waals surface area contributed by atoms with Gasteiger partial charge in [0.1, 0.15) is 5.82 Å². The minimum atomic E-state index is -0.260. The normalized spacial score (nSPS) is 18.9. The van der Waals surface area contributed by atoms with E-state index in [2.05, 4.69) is 91.5 Å². The predicted octanol–water partition coefficient (Wildman–Crippen LogP) is 6.84. The standard InChI is InChI=1S/C35H35FN2O/c1-24-11-3-7-16-31(24)35-32-17-9-8-15-30(32)25(2)21-37(35)23-34(39)38(22-28-14-6-10-18-33(28)36)29-19-26-12-4-5-13-27(26)20-29/h3-18,25,29,35H,19-23H2,1-2H3/t25-,35+/m0/s1. The number of carbonyl (C=O) groups excluding carboxylic acids is 1. The molecule has 1 heterocycles. The van der Waals surface area contributed by atoms with E-state index in [4.69, 9.17) is 0 Å². The molecule has 0 N–H and O–H groups in total. The lowest BCUT2D eigenvalue weighted by Crippen LogP contribution is -2.48. The number of halogens is 1. The highest BCUT2D eigenvalue weighted by molar-refractivity contribution is 5.79. The Balaban J connectivity index is 1.34. The van der Waals surface area contributed by atoms with Crippen LogP contribution in [-0.2, 0) is 24.2 Å². The van der Waals surface area contributed by atoms with Gasteiger partial charge in [-0.1, -0.05) is 97.9 Å². The monoisotopic (exact) mass is 518 g/mol. The molecule has 0 saturated carbocycles. The fraction of sp³-hybridized carbons (Fsp3) is 0.286. The first-order valence-corrected chi connectivity index (χ1v) is 14.0. The summed E-state index contributed by atoms with van der Waals surface area (Å²) in [5.74, 6) is 0.107. The molecule has 2 atom stereocenters. The van der Waals surface area contributed by atoms with E-state index >= 15 is 0 Å². The van der Waals surface area contributed by atoms with Crippen LogP contribution in [0.15, 0.2) is 97.1 Å². The fourth-order valence-corrected chi connectivity index (χ4v) is 6.63. The first-order valence-electron chi connectivity index (χ1n) is 14.0. The second kappa shape index (κ2) is 10.8. The zero-order valence-corrected chi connectivity index (χ0v) is 22.7. The number of carbonyl (C=O) groups is 1. The van der Waals surface area contributed by atoms with E-state index in [0.717, 1.165) is 19.4 Å². The lowest BCUT2D eigenvalue weighted by molar-refractivity contribution is -0.136. The van der Waals surface area contributed by atoms with Crippen molar-refractivity contribution < 1.29 is 9.18 Å². The van der Waals surface area contributed by atoms with Crippen LogP contribution in [-0.4, -0.2) is 34.8 Å². The summed E-state index contributed by atoms with van der Waals surface area (Å²) in [7, 11) is 0. The Bertz CT molecular complexity index is 1470. The molecule has 0 unspecified atom stereocenters. The Kier molecular flexibility index (Phi) is 7.05. The second-order valence-corrected chi connectivity index (χ2v) is 11.2. The van der Waals surface area contributed by atoms with E-state index in [1.165, 1.54) is 39.4 Å². The Morgan fingerprint density at radius 2 is 1.41 bits per heavy atom. The second-order valence-electron chi connectivity index (χ2n) is 11.2. The van der Waals surface area contributed by atoms with E-state index in [1.807, 2.05) is 11.0 Å². The van der Waals surface area contributed by atoms with Crippen molar-refractivity contribution in [3.05, 3.63) is 142 Å². The summed E-state index contributed by atoms with van der Waals surface area (Å²) in [6.07, 6.45) is 1.60. The molecule has 39 heavy (non-hydrogen) atoms. The topological polar surface area (TPSA) is 23.6 Å². The molecular weight excluding hydrogens is 483 g/mol. The summed E-state index contributed by atoms with van der Waals surface area (Å²) >= 11 is 0. The third kappa shape index (κ3) is 5.02. The van der Waals surface area contributed by atoms with Crippen molar-refractivity contribution in [3.8, 4) is 0 Å². The average Bonchev–Trinajstić information content (AvgIpc) is 3.37. The number of amides is 1. The van der Waals surface area contributed by atoms with Gasteiger partial charge in [0.2, 0.25) is 5.91 Å².